The van der Waals surface area contributed by atoms with Gasteiger partial charge in [-0.15, -0.1) is 0 Å². The van der Waals surface area contributed by atoms with E-state index in [1.54, 1.807) is 78.9 Å². The second-order valence-corrected chi connectivity index (χ2v) is 7.62. The molecule has 6 heteroatoms. The number of carbonyl (C=O) groups is 3. The van der Waals surface area contributed by atoms with Gasteiger partial charge in [0.1, 0.15) is 5.71 Å². The van der Waals surface area contributed by atoms with Crippen molar-refractivity contribution in [2.24, 2.45) is 5.16 Å². The molecule has 1 spiro atoms. The number of oxime groups is 1. The minimum absolute atomic E-state index is 0.0121. The predicted molar refractivity (Wildman–Crippen MR) is 111 cm³/mol. The molecule has 3 aromatic carbocycles. The minimum Gasteiger partial charge on any atom is -0.371 e. The van der Waals surface area contributed by atoms with Gasteiger partial charge in [-0.3, -0.25) is 14.4 Å². The number of nitrogens with zero attached hydrogens (tertiary/aromatic N) is 1. The van der Waals surface area contributed by atoms with Crippen molar-refractivity contribution < 1.29 is 19.2 Å². The van der Waals surface area contributed by atoms with Crippen LogP contribution in [0.1, 0.15) is 42.6 Å². The quantitative estimate of drug-likeness (QED) is 0.466. The average Bonchev–Trinajstić information content (AvgIpc) is 3.28. The minimum atomic E-state index is -1.93. The van der Waals surface area contributed by atoms with Crippen molar-refractivity contribution in [1.29, 1.82) is 0 Å². The van der Waals surface area contributed by atoms with E-state index < -0.39 is 28.9 Å². The molecule has 0 unspecified atom stereocenters. The number of carbonyl (C=O) groups excluding carboxylic acids is 3. The molecular weight excluding hydrogens is 402 g/mol. The molecular formula is C24H14ClNO4. The van der Waals surface area contributed by atoms with E-state index in [2.05, 4.69) is 5.16 Å². The van der Waals surface area contributed by atoms with Crippen LogP contribution in [0.25, 0.3) is 0 Å². The summed E-state index contributed by atoms with van der Waals surface area (Å²) in [4.78, 5) is 45.7. The molecule has 0 aromatic heterocycles. The molecule has 0 saturated heterocycles. The highest BCUT2D eigenvalue weighted by molar-refractivity contribution is 6.51. The molecule has 2 aliphatic rings. The molecule has 1 atom stereocenters. The second kappa shape index (κ2) is 6.75. The first kappa shape index (κ1) is 18.5. The zero-order valence-corrected chi connectivity index (χ0v) is 16.3. The third-order valence-electron chi connectivity index (χ3n) is 5.53. The Morgan fingerprint density at radius 1 is 0.833 bits per heavy atom. The number of rotatable bonds is 3. The zero-order valence-electron chi connectivity index (χ0n) is 15.5. The molecule has 0 N–H and O–H groups in total. The van der Waals surface area contributed by atoms with Crippen LogP contribution >= 0.6 is 11.6 Å². The van der Waals surface area contributed by atoms with Crippen LogP contribution in [0.5, 0.6) is 0 Å². The molecule has 5 nitrogen and oxygen atoms in total. The van der Waals surface area contributed by atoms with Gasteiger partial charge in [0, 0.05) is 21.7 Å². The van der Waals surface area contributed by atoms with E-state index in [4.69, 9.17) is 16.4 Å². The number of hydrogen-bond acceptors (Lipinski definition) is 5. The molecule has 0 saturated carbocycles. The first-order valence-corrected chi connectivity index (χ1v) is 9.72. The van der Waals surface area contributed by atoms with E-state index in [1.165, 1.54) is 0 Å². The van der Waals surface area contributed by atoms with Crippen LogP contribution in [0.2, 0.25) is 5.02 Å². The summed E-state index contributed by atoms with van der Waals surface area (Å²) in [5, 5.41) is 4.50. The van der Waals surface area contributed by atoms with E-state index >= 15 is 0 Å². The Balaban J connectivity index is 1.68. The van der Waals surface area contributed by atoms with Crippen molar-refractivity contribution in [2.75, 3.05) is 0 Å². The van der Waals surface area contributed by atoms with Crippen molar-refractivity contribution in [3.05, 3.63) is 106 Å². The maximum Gasteiger partial charge on any atom is 0.274 e. The highest BCUT2D eigenvalue weighted by Crippen LogP contribution is 2.47. The van der Waals surface area contributed by atoms with Crippen LogP contribution in [-0.2, 0) is 4.84 Å². The topological polar surface area (TPSA) is 72.8 Å². The van der Waals surface area contributed by atoms with E-state index in [-0.39, 0.29) is 16.8 Å². The van der Waals surface area contributed by atoms with Gasteiger partial charge in [-0.25, -0.2) is 0 Å². The van der Waals surface area contributed by atoms with Crippen LogP contribution in [-0.4, -0.2) is 28.7 Å². The molecule has 0 radical (unpaired) electrons. The molecule has 146 valence electrons. The summed E-state index contributed by atoms with van der Waals surface area (Å²) in [5.74, 6) is -2.39. The van der Waals surface area contributed by atoms with Gasteiger partial charge in [-0.2, -0.15) is 0 Å². The van der Waals surface area contributed by atoms with Crippen LogP contribution in [0, 0.1) is 0 Å². The van der Waals surface area contributed by atoms with Crippen LogP contribution in [0.4, 0.5) is 0 Å². The normalized spacial score (nSPS) is 18.8. The summed E-state index contributed by atoms with van der Waals surface area (Å²) in [7, 11) is 0. The predicted octanol–water partition coefficient (Wildman–Crippen LogP) is 4.51. The molecule has 1 aliphatic heterocycles. The van der Waals surface area contributed by atoms with Gasteiger partial charge in [0.2, 0.25) is 17.3 Å². The summed E-state index contributed by atoms with van der Waals surface area (Å²) in [5.41, 5.74) is -0.439. The second-order valence-electron chi connectivity index (χ2n) is 7.19. The van der Waals surface area contributed by atoms with E-state index in [1.807, 2.05) is 0 Å². The van der Waals surface area contributed by atoms with Gasteiger partial charge in [-0.1, -0.05) is 83.5 Å². The number of benzene rings is 3. The Morgan fingerprint density at radius 3 is 2.00 bits per heavy atom. The first-order valence-electron chi connectivity index (χ1n) is 9.34. The summed E-state index contributed by atoms with van der Waals surface area (Å²) in [6.45, 7) is 0. The lowest BCUT2D eigenvalue weighted by molar-refractivity contribution is 0.00129. The fraction of sp³-hybridized carbons (Fsp3) is 0.0833. The van der Waals surface area contributed by atoms with Crippen molar-refractivity contribution in [2.45, 2.75) is 11.5 Å². The van der Waals surface area contributed by atoms with Gasteiger partial charge in [0.25, 0.3) is 5.60 Å². The molecule has 1 heterocycles. The standard InChI is InChI=1S/C24H14ClNO4/c25-16-12-10-14(11-13-16)19-20(21(27)15-6-2-1-3-7-15)26-30-24(19)22(28)17-8-4-5-9-18(17)23(24)29/h1-13,19H/t19-/m1/s1. The van der Waals surface area contributed by atoms with Crippen molar-refractivity contribution in [3.63, 3.8) is 0 Å². The third kappa shape index (κ3) is 2.49. The number of Topliss-reactive ketones (excluding diaryl/α,β-unsaturated/α-hetero) is 3. The fourth-order valence-corrected chi connectivity index (χ4v) is 4.23. The van der Waals surface area contributed by atoms with Crippen molar-refractivity contribution >= 4 is 34.7 Å². The van der Waals surface area contributed by atoms with E-state index in [0.717, 1.165) is 0 Å². The van der Waals surface area contributed by atoms with Crippen molar-refractivity contribution in [3.8, 4) is 0 Å². The lowest BCUT2D eigenvalue weighted by Crippen LogP contribution is -2.48. The zero-order chi connectivity index (χ0) is 20.9. The van der Waals surface area contributed by atoms with Gasteiger partial charge in [-0.05, 0) is 17.7 Å². The molecule has 1 aliphatic carbocycles. The van der Waals surface area contributed by atoms with Gasteiger partial charge >= 0.3 is 0 Å². The summed E-state index contributed by atoms with van der Waals surface area (Å²) in [6, 6.07) is 21.8. The van der Waals surface area contributed by atoms with Crippen LogP contribution < -0.4 is 0 Å². The molecule has 3 aromatic rings. The third-order valence-corrected chi connectivity index (χ3v) is 5.78. The molecule has 0 amide bonds. The van der Waals surface area contributed by atoms with Crippen LogP contribution in [0.15, 0.2) is 84.0 Å². The highest BCUT2D eigenvalue weighted by atomic mass is 35.5. The van der Waals surface area contributed by atoms with E-state index in [0.29, 0.717) is 16.1 Å². The number of hydrogen-bond donors (Lipinski definition) is 0. The largest absolute Gasteiger partial charge is 0.371 e. The SMILES string of the molecule is O=C(C1=NOC2(C(=O)c3ccccc3C2=O)[C@@H]1c1ccc(Cl)cc1)c1ccccc1. The maximum absolute atomic E-state index is 13.4. The van der Waals surface area contributed by atoms with Gasteiger partial charge in [0.15, 0.2) is 0 Å². The highest BCUT2D eigenvalue weighted by Gasteiger charge is 2.66. The Morgan fingerprint density at radius 2 is 1.40 bits per heavy atom. The molecule has 0 bridgehead atoms. The van der Waals surface area contributed by atoms with Gasteiger partial charge < -0.3 is 4.84 Å². The lowest BCUT2D eigenvalue weighted by Gasteiger charge is -2.26. The van der Waals surface area contributed by atoms with Crippen molar-refractivity contribution in [1.82, 2.24) is 0 Å². The molecule has 30 heavy (non-hydrogen) atoms. The number of fused-ring (bicyclic) bond motifs is 1. The van der Waals surface area contributed by atoms with Gasteiger partial charge in [0.05, 0.1) is 5.92 Å². The maximum atomic E-state index is 13.4. The smallest absolute Gasteiger partial charge is 0.274 e. The number of ketones is 3. The monoisotopic (exact) mass is 415 g/mol. The average molecular weight is 416 g/mol. The van der Waals surface area contributed by atoms with Crippen LogP contribution in [0.3, 0.4) is 0 Å². The Hall–Kier alpha value is -3.57. The lowest BCUT2D eigenvalue weighted by atomic mass is 9.74. The Labute approximate surface area is 176 Å². The Kier molecular flexibility index (Phi) is 4.15. The van der Waals surface area contributed by atoms with E-state index in [9.17, 15) is 14.4 Å². The molecule has 5 rings (SSSR count). The number of halogens is 1. The summed E-state index contributed by atoms with van der Waals surface area (Å²) in [6.07, 6.45) is 0. The first-order chi connectivity index (χ1) is 14.5. The molecule has 0 fully saturated rings. The fourth-order valence-electron chi connectivity index (χ4n) is 4.10. The summed E-state index contributed by atoms with van der Waals surface area (Å²) < 4.78 is 0. The summed E-state index contributed by atoms with van der Waals surface area (Å²) >= 11 is 6.03. The Bertz CT molecular complexity index is 1200.